The van der Waals surface area contributed by atoms with Crippen LogP contribution >= 0.6 is 15.9 Å². The highest BCUT2D eigenvalue weighted by Crippen LogP contribution is 2.26. The summed E-state index contributed by atoms with van der Waals surface area (Å²) in [7, 11) is 0. The van der Waals surface area contributed by atoms with Crippen LogP contribution in [0.25, 0.3) is 0 Å². The number of nitrogens with zero attached hydrogens (tertiary/aromatic N) is 1. The first-order valence-electron chi connectivity index (χ1n) is 7.52. The second-order valence-corrected chi connectivity index (χ2v) is 6.31. The highest BCUT2D eigenvalue weighted by Gasteiger charge is 2.17. The number of hydrogen-bond acceptors (Lipinski definition) is 2. The third-order valence-electron chi connectivity index (χ3n) is 3.81. The van der Waals surface area contributed by atoms with E-state index >= 15 is 0 Å². The van der Waals surface area contributed by atoms with Crippen molar-refractivity contribution in [2.45, 2.75) is 39.7 Å². The zero-order chi connectivity index (χ0) is 15.2. The van der Waals surface area contributed by atoms with Crippen LogP contribution in [0.5, 0.6) is 0 Å². The zero-order valence-electron chi connectivity index (χ0n) is 13.0. The van der Waals surface area contributed by atoms with Crippen LogP contribution in [0.15, 0.2) is 41.0 Å². The van der Waals surface area contributed by atoms with Gasteiger partial charge in [-0.05, 0) is 78.0 Å². The van der Waals surface area contributed by atoms with E-state index in [9.17, 15) is 0 Å². The monoisotopic (exact) mass is 346 g/mol. The number of rotatable bonds is 6. The predicted octanol–water partition coefficient (Wildman–Crippen LogP) is 4.74. The first-order chi connectivity index (χ1) is 10.1. The molecule has 0 fully saturated rings. The average Bonchev–Trinajstić information content (AvgIpc) is 2.47. The average molecular weight is 347 g/mol. The fourth-order valence-corrected chi connectivity index (χ4v) is 3.14. The van der Waals surface area contributed by atoms with Gasteiger partial charge in [0.05, 0.1) is 11.7 Å². The number of hydrogen-bond donors (Lipinski definition) is 1. The Labute approximate surface area is 136 Å². The minimum Gasteiger partial charge on any atom is -0.308 e. The van der Waals surface area contributed by atoms with E-state index in [1.165, 1.54) is 16.7 Å². The van der Waals surface area contributed by atoms with Crippen molar-refractivity contribution < 1.29 is 0 Å². The van der Waals surface area contributed by atoms with Gasteiger partial charge in [0.15, 0.2) is 0 Å². The molecule has 2 aromatic rings. The van der Waals surface area contributed by atoms with Gasteiger partial charge in [-0.1, -0.05) is 25.1 Å². The Bertz CT molecular complexity index is 575. The number of halogens is 1. The molecule has 1 aromatic heterocycles. The normalized spacial score (nSPS) is 12.4. The van der Waals surface area contributed by atoms with Crippen molar-refractivity contribution >= 4 is 15.9 Å². The van der Waals surface area contributed by atoms with Crippen molar-refractivity contribution in [2.75, 3.05) is 6.54 Å². The smallest absolute Gasteiger partial charge is 0.0718 e. The largest absolute Gasteiger partial charge is 0.308 e. The lowest BCUT2D eigenvalue weighted by molar-refractivity contribution is 0.514. The maximum Gasteiger partial charge on any atom is 0.0718 e. The number of aryl methyl sites for hydroxylation is 2. The molecule has 0 saturated carbocycles. The van der Waals surface area contributed by atoms with Crippen molar-refractivity contribution in [1.29, 1.82) is 0 Å². The Balaban J connectivity index is 2.31. The molecule has 3 heteroatoms. The SMILES string of the molecule is CCCNC(Cc1c(C)cccc1C)c1ncccc1Br. The summed E-state index contributed by atoms with van der Waals surface area (Å²) in [6.45, 7) is 7.56. The highest BCUT2D eigenvalue weighted by atomic mass is 79.9. The summed E-state index contributed by atoms with van der Waals surface area (Å²) in [6.07, 6.45) is 3.95. The molecule has 0 bridgehead atoms. The molecule has 0 aliphatic carbocycles. The van der Waals surface area contributed by atoms with Crippen LogP contribution in [0, 0.1) is 13.8 Å². The summed E-state index contributed by atoms with van der Waals surface area (Å²) in [5.74, 6) is 0. The third kappa shape index (κ3) is 4.14. The van der Waals surface area contributed by atoms with Crippen LogP contribution in [-0.2, 0) is 6.42 Å². The molecule has 0 saturated heterocycles. The van der Waals surface area contributed by atoms with Crippen molar-refractivity contribution in [3.63, 3.8) is 0 Å². The van der Waals surface area contributed by atoms with E-state index in [0.29, 0.717) is 0 Å². The molecule has 0 amide bonds. The Hall–Kier alpha value is -1.19. The molecule has 0 radical (unpaired) electrons. The second kappa shape index (κ2) is 7.71. The van der Waals surface area contributed by atoms with Gasteiger partial charge in [0, 0.05) is 10.7 Å². The van der Waals surface area contributed by atoms with Crippen molar-refractivity contribution in [2.24, 2.45) is 0 Å². The quantitative estimate of drug-likeness (QED) is 0.816. The Morgan fingerprint density at radius 1 is 1.14 bits per heavy atom. The molecule has 21 heavy (non-hydrogen) atoms. The van der Waals surface area contributed by atoms with E-state index in [1.807, 2.05) is 12.3 Å². The van der Waals surface area contributed by atoms with E-state index in [4.69, 9.17) is 0 Å². The van der Waals surface area contributed by atoms with Crippen LogP contribution in [0.2, 0.25) is 0 Å². The minimum atomic E-state index is 0.236. The summed E-state index contributed by atoms with van der Waals surface area (Å²) in [5, 5.41) is 3.64. The van der Waals surface area contributed by atoms with E-state index in [0.717, 1.165) is 29.6 Å². The molecule has 112 valence electrons. The fourth-order valence-electron chi connectivity index (χ4n) is 2.61. The highest BCUT2D eigenvalue weighted by molar-refractivity contribution is 9.10. The summed E-state index contributed by atoms with van der Waals surface area (Å²) < 4.78 is 1.07. The number of pyridine rings is 1. The number of aromatic nitrogens is 1. The molecule has 0 spiro atoms. The van der Waals surface area contributed by atoms with Crippen LogP contribution in [0.1, 0.15) is 41.8 Å². The van der Waals surface area contributed by atoms with Crippen LogP contribution < -0.4 is 5.32 Å². The van der Waals surface area contributed by atoms with Crippen LogP contribution in [0.4, 0.5) is 0 Å². The molecule has 0 aliphatic rings. The number of nitrogens with one attached hydrogen (secondary N) is 1. The Kier molecular flexibility index (Phi) is 5.95. The molecule has 1 unspecified atom stereocenters. The lowest BCUT2D eigenvalue weighted by Gasteiger charge is -2.21. The van der Waals surface area contributed by atoms with Gasteiger partial charge in [0.25, 0.3) is 0 Å². The van der Waals surface area contributed by atoms with Gasteiger partial charge in [-0.25, -0.2) is 0 Å². The molecule has 1 heterocycles. The van der Waals surface area contributed by atoms with Gasteiger partial charge in [-0.15, -0.1) is 0 Å². The molecule has 2 nitrogen and oxygen atoms in total. The van der Waals surface area contributed by atoms with Crippen molar-refractivity contribution in [1.82, 2.24) is 10.3 Å². The molecule has 0 aliphatic heterocycles. The number of benzene rings is 1. The Morgan fingerprint density at radius 2 is 1.86 bits per heavy atom. The molecule has 1 atom stereocenters. The van der Waals surface area contributed by atoms with Gasteiger partial charge in [-0.2, -0.15) is 0 Å². The van der Waals surface area contributed by atoms with E-state index in [1.54, 1.807) is 0 Å². The maximum absolute atomic E-state index is 4.58. The van der Waals surface area contributed by atoms with Gasteiger partial charge < -0.3 is 5.32 Å². The third-order valence-corrected chi connectivity index (χ3v) is 4.48. The van der Waals surface area contributed by atoms with Gasteiger partial charge >= 0.3 is 0 Å². The summed E-state index contributed by atoms with van der Waals surface area (Å²) in [5.41, 5.74) is 5.22. The predicted molar refractivity (Wildman–Crippen MR) is 92.6 cm³/mol. The standard InChI is InChI=1S/C18H23BrN2/c1-4-10-20-17(18-16(19)9-6-11-21-18)12-15-13(2)7-5-8-14(15)3/h5-9,11,17,20H,4,10,12H2,1-3H3. The van der Waals surface area contributed by atoms with Gasteiger partial charge in [0.2, 0.25) is 0 Å². The van der Waals surface area contributed by atoms with Crippen LogP contribution in [0.3, 0.4) is 0 Å². The first-order valence-corrected chi connectivity index (χ1v) is 8.31. The minimum absolute atomic E-state index is 0.236. The van der Waals surface area contributed by atoms with Crippen molar-refractivity contribution in [3.05, 3.63) is 63.4 Å². The van der Waals surface area contributed by atoms with E-state index < -0.39 is 0 Å². The lowest BCUT2D eigenvalue weighted by Crippen LogP contribution is -2.26. The summed E-state index contributed by atoms with van der Waals surface area (Å²) in [6, 6.07) is 10.8. The van der Waals surface area contributed by atoms with Crippen molar-refractivity contribution in [3.8, 4) is 0 Å². The molecular weight excluding hydrogens is 324 g/mol. The van der Waals surface area contributed by atoms with Gasteiger partial charge in [0.1, 0.15) is 0 Å². The van der Waals surface area contributed by atoms with Gasteiger partial charge in [-0.3, -0.25) is 4.98 Å². The topological polar surface area (TPSA) is 24.9 Å². The van der Waals surface area contributed by atoms with Crippen LogP contribution in [-0.4, -0.2) is 11.5 Å². The second-order valence-electron chi connectivity index (χ2n) is 5.45. The molecule has 2 rings (SSSR count). The molecule has 1 aromatic carbocycles. The molecular formula is C18H23BrN2. The fraction of sp³-hybridized carbons (Fsp3) is 0.389. The Morgan fingerprint density at radius 3 is 2.48 bits per heavy atom. The maximum atomic E-state index is 4.58. The summed E-state index contributed by atoms with van der Waals surface area (Å²) in [4.78, 5) is 4.58. The zero-order valence-corrected chi connectivity index (χ0v) is 14.6. The molecule has 1 N–H and O–H groups in total. The lowest BCUT2D eigenvalue weighted by atomic mass is 9.95. The van der Waals surface area contributed by atoms with E-state index in [2.05, 4.69) is 71.3 Å². The first kappa shape index (κ1) is 16.2. The summed E-state index contributed by atoms with van der Waals surface area (Å²) >= 11 is 3.64. The van der Waals surface area contributed by atoms with E-state index in [-0.39, 0.29) is 6.04 Å².